The summed E-state index contributed by atoms with van der Waals surface area (Å²) in [5.41, 5.74) is 3.39. The Balaban J connectivity index is 1.56. The maximum atomic E-state index is 5.23. The van der Waals surface area contributed by atoms with Crippen molar-refractivity contribution in [2.45, 2.75) is 45.4 Å². The number of anilines is 1. The van der Waals surface area contributed by atoms with Crippen molar-refractivity contribution in [1.29, 1.82) is 0 Å². The van der Waals surface area contributed by atoms with Crippen LogP contribution in [-0.4, -0.2) is 16.7 Å². The third-order valence-corrected chi connectivity index (χ3v) is 4.43. The molecule has 0 amide bonds. The Morgan fingerprint density at radius 1 is 1.24 bits per heavy atom. The lowest BCUT2D eigenvalue weighted by atomic mass is 9.87. The molecular weight excluding hydrogens is 262 g/mol. The van der Waals surface area contributed by atoms with E-state index in [0.29, 0.717) is 5.89 Å². The van der Waals surface area contributed by atoms with Crippen LogP contribution in [0, 0.1) is 12.8 Å². The van der Waals surface area contributed by atoms with Gasteiger partial charge in [0, 0.05) is 17.8 Å². The number of nitrogens with one attached hydrogen (secondary N) is 1. The molecule has 1 aliphatic rings. The highest BCUT2D eigenvalue weighted by Crippen LogP contribution is 2.27. The van der Waals surface area contributed by atoms with Crippen LogP contribution in [0.1, 0.15) is 44.1 Å². The predicted molar refractivity (Wildman–Crippen MR) is 84.2 cm³/mol. The van der Waals surface area contributed by atoms with Gasteiger partial charge in [0.15, 0.2) is 0 Å². The van der Waals surface area contributed by atoms with Crippen LogP contribution in [0.25, 0.3) is 11.5 Å². The number of hydrogen-bond donors (Lipinski definition) is 1. The summed E-state index contributed by atoms with van der Waals surface area (Å²) in [7, 11) is 0. The Kier molecular flexibility index (Phi) is 4.53. The van der Waals surface area contributed by atoms with Crippen molar-refractivity contribution < 1.29 is 4.42 Å². The summed E-state index contributed by atoms with van der Waals surface area (Å²) in [4.78, 5) is 0. The maximum Gasteiger partial charge on any atom is 0.247 e. The minimum Gasteiger partial charge on any atom is -0.423 e. The van der Waals surface area contributed by atoms with Crippen molar-refractivity contribution >= 4 is 5.69 Å². The van der Waals surface area contributed by atoms with Crippen molar-refractivity contribution in [3.63, 3.8) is 0 Å². The molecule has 0 aliphatic heterocycles. The Morgan fingerprint density at radius 3 is 2.81 bits per heavy atom. The monoisotopic (exact) mass is 285 g/mol. The lowest BCUT2D eigenvalue weighted by Gasteiger charge is -2.22. The van der Waals surface area contributed by atoms with Gasteiger partial charge in [-0.05, 0) is 43.0 Å². The second-order valence-corrected chi connectivity index (χ2v) is 5.99. The molecule has 21 heavy (non-hydrogen) atoms. The van der Waals surface area contributed by atoms with Crippen LogP contribution in [0.3, 0.4) is 0 Å². The van der Waals surface area contributed by atoms with E-state index in [-0.39, 0.29) is 0 Å². The first kappa shape index (κ1) is 14.1. The van der Waals surface area contributed by atoms with Gasteiger partial charge in [-0.3, -0.25) is 0 Å². The average molecular weight is 285 g/mol. The van der Waals surface area contributed by atoms with Crippen LogP contribution in [0.5, 0.6) is 0 Å². The molecule has 1 aromatic heterocycles. The second kappa shape index (κ2) is 6.74. The van der Waals surface area contributed by atoms with Crippen LogP contribution in [0.15, 0.2) is 29.0 Å². The number of hydrogen-bond acceptors (Lipinski definition) is 4. The zero-order valence-corrected chi connectivity index (χ0v) is 12.6. The Morgan fingerprint density at radius 2 is 2.10 bits per heavy atom. The van der Waals surface area contributed by atoms with E-state index >= 15 is 0 Å². The van der Waals surface area contributed by atoms with Gasteiger partial charge in [0.1, 0.15) is 0 Å². The summed E-state index contributed by atoms with van der Waals surface area (Å²) in [6, 6.07) is 6.23. The smallest absolute Gasteiger partial charge is 0.247 e. The van der Waals surface area contributed by atoms with Gasteiger partial charge in [-0.15, -0.1) is 10.2 Å². The standard InChI is InChI=1S/C17H23N3O/c1-13-11-15(17-20-19-12-21-17)7-8-16(13)18-10-9-14-5-3-2-4-6-14/h7-8,11-12,14,18H,2-6,9-10H2,1H3. The van der Waals surface area contributed by atoms with Crippen LogP contribution in [-0.2, 0) is 0 Å². The highest BCUT2D eigenvalue weighted by Gasteiger charge is 2.13. The molecule has 1 N–H and O–H groups in total. The van der Waals surface area contributed by atoms with E-state index < -0.39 is 0 Å². The Bertz CT molecular complexity index is 559. The first-order chi connectivity index (χ1) is 10.3. The SMILES string of the molecule is Cc1cc(-c2nnco2)ccc1NCCC1CCCCC1. The van der Waals surface area contributed by atoms with Crippen LogP contribution in [0.4, 0.5) is 5.69 Å². The van der Waals surface area contributed by atoms with E-state index in [2.05, 4.69) is 34.6 Å². The third kappa shape index (κ3) is 3.63. The van der Waals surface area contributed by atoms with Gasteiger partial charge in [0.2, 0.25) is 12.3 Å². The maximum absolute atomic E-state index is 5.23. The molecule has 0 radical (unpaired) electrons. The highest BCUT2D eigenvalue weighted by molar-refractivity contribution is 5.62. The normalized spacial score (nSPS) is 16.0. The molecule has 1 saturated carbocycles. The van der Waals surface area contributed by atoms with E-state index in [4.69, 9.17) is 4.42 Å². The van der Waals surface area contributed by atoms with E-state index in [1.165, 1.54) is 56.2 Å². The van der Waals surface area contributed by atoms with Gasteiger partial charge in [-0.25, -0.2) is 0 Å². The van der Waals surface area contributed by atoms with Crippen molar-refractivity contribution in [2.24, 2.45) is 5.92 Å². The lowest BCUT2D eigenvalue weighted by molar-refractivity contribution is 0.345. The number of aromatic nitrogens is 2. The first-order valence-corrected chi connectivity index (χ1v) is 7.94. The zero-order chi connectivity index (χ0) is 14.5. The fraction of sp³-hybridized carbons (Fsp3) is 0.529. The van der Waals surface area contributed by atoms with E-state index in [9.17, 15) is 0 Å². The van der Waals surface area contributed by atoms with Crippen molar-refractivity contribution in [3.05, 3.63) is 30.2 Å². The van der Waals surface area contributed by atoms with Crippen molar-refractivity contribution in [3.8, 4) is 11.5 Å². The molecule has 0 saturated heterocycles. The largest absolute Gasteiger partial charge is 0.423 e. The summed E-state index contributed by atoms with van der Waals surface area (Å²) < 4.78 is 5.23. The molecule has 2 aromatic rings. The molecule has 4 nitrogen and oxygen atoms in total. The summed E-state index contributed by atoms with van der Waals surface area (Å²) in [5, 5.41) is 11.2. The first-order valence-electron chi connectivity index (χ1n) is 7.94. The van der Waals surface area contributed by atoms with Crippen molar-refractivity contribution in [1.82, 2.24) is 10.2 Å². The molecule has 1 heterocycles. The molecule has 0 unspecified atom stereocenters. The second-order valence-electron chi connectivity index (χ2n) is 5.99. The van der Waals surface area contributed by atoms with Gasteiger partial charge in [-0.1, -0.05) is 32.1 Å². The van der Waals surface area contributed by atoms with Crippen LogP contribution in [0.2, 0.25) is 0 Å². The molecule has 1 aromatic carbocycles. The molecule has 1 fully saturated rings. The molecule has 3 rings (SSSR count). The van der Waals surface area contributed by atoms with Gasteiger partial charge < -0.3 is 9.73 Å². The van der Waals surface area contributed by atoms with Gasteiger partial charge >= 0.3 is 0 Å². The molecular formula is C17H23N3O. The number of aryl methyl sites for hydroxylation is 1. The van der Waals surface area contributed by atoms with E-state index in [0.717, 1.165) is 18.0 Å². The highest BCUT2D eigenvalue weighted by atomic mass is 16.4. The number of nitrogens with zero attached hydrogens (tertiary/aromatic N) is 2. The van der Waals surface area contributed by atoms with Gasteiger partial charge in [-0.2, -0.15) is 0 Å². The topological polar surface area (TPSA) is 51.0 Å². The number of rotatable bonds is 5. The zero-order valence-electron chi connectivity index (χ0n) is 12.6. The molecule has 0 atom stereocenters. The quantitative estimate of drug-likeness (QED) is 0.883. The Labute approximate surface area is 126 Å². The molecule has 112 valence electrons. The van der Waals surface area contributed by atoms with Crippen LogP contribution >= 0.6 is 0 Å². The average Bonchev–Trinajstić information content (AvgIpc) is 3.04. The molecule has 0 spiro atoms. The minimum absolute atomic E-state index is 0.576. The molecule has 4 heteroatoms. The number of benzene rings is 1. The summed E-state index contributed by atoms with van der Waals surface area (Å²) in [5.74, 6) is 1.50. The Hall–Kier alpha value is -1.84. The summed E-state index contributed by atoms with van der Waals surface area (Å²) in [6.45, 7) is 3.17. The van der Waals surface area contributed by atoms with Crippen molar-refractivity contribution in [2.75, 3.05) is 11.9 Å². The van der Waals surface area contributed by atoms with Crippen LogP contribution < -0.4 is 5.32 Å². The van der Waals surface area contributed by atoms with E-state index in [1.807, 2.05) is 6.07 Å². The summed E-state index contributed by atoms with van der Waals surface area (Å²) in [6.07, 6.45) is 9.74. The van der Waals surface area contributed by atoms with Gasteiger partial charge in [0.25, 0.3) is 0 Å². The fourth-order valence-corrected chi connectivity index (χ4v) is 3.18. The minimum atomic E-state index is 0.576. The lowest BCUT2D eigenvalue weighted by Crippen LogP contribution is -2.12. The summed E-state index contributed by atoms with van der Waals surface area (Å²) >= 11 is 0. The molecule has 1 aliphatic carbocycles. The fourth-order valence-electron chi connectivity index (χ4n) is 3.18. The van der Waals surface area contributed by atoms with E-state index in [1.54, 1.807) is 0 Å². The van der Waals surface area contributed by atoms with Gasteiger partial charge in [0.05, 0.1) is 0 Å². The third-order valence-electron chi connectivity index (χ3n) is 4.43. The molecule has 0 bridgehead atoms. The predicted octanol–water partition coefficient (Wildman–Crippen LogP) is 4.43.